The Kier molecular flexibility index (Phi) is 6.02. The monoisotopic (exact) mass is 292 g/mol. The molecule has 1 aliphatic rings. The molecule has 2 rings (SSSR count). The van der Waals surface area contributed by atoms with Gasteiger partial charge in [0.15, 0.2) is 0 Å². The lowest BCUT2D eigenvalue weighted by Gasteiger charge is -2.21. The Morgan fingerprint density at radius 3 is 2.81 bits per heavy atom. The molecule has 1 heterocycles. The molecule has 3 unspecified atom stereocenters. The number of methoxy groups -OCH3 is 1. The minimum absolute atomic E-state index is 0.0187. The summed E-state index contributed by atoms with van der Waals surface area (Å²) in [4.78, 5) is 11.9. The van der Waals surface area contributed by atoms with E-state index in [2.05, 4.69) is 10.6 Å². The van der Waals surface area contributed by atoms with E-state index in [-0.39, 0.29) is 24.3 Å². The van der Waals surface area contributed by atoms with Crippen molar-refractivity contribution in [2.24, 2.45) is 0 Å². The van der Waals surface area contributed by atoms with Crippen LogP contribution in [0.15, 0.2) is 30.3 Å². The van der Waals surface area contributed by atoms with Crippen LogP contribution in [0.2, 0.25) is 0 Å². The van der Waals surface area contributed by atoms with Gasteiger partial charge >= 0.3 is 6.03 Å². The molecule has 5 heteroatoms. The van der Waals surface area contributed by atoms with E-state index < -0.39 is 0 Å². The summed E-state index contributed by atoms with van der Waals surface area (Å²) in [6.45, 7) is 3.20. The van der Waals surface area contributed by atoms with E-state index in [4.69, 9.17) is 9.47 Å². The summed E-state index contributed by atoms with van der Waals surface area (Å²) in [6, 6.07) is 9.69. The van der Waals surface area contributed by atoms with E-state index in [0.29, 0.717) is 6.54 Å². The molecular formula is C16H24N2O3. The van der Waals surface area contributed by atoms with Gasteiger partial charge in [-0.2, -0.15) is 0 Å². The maximum atomic E-state index is 11.9. The molecule has 1 saturated heterocycles. The average molecular weight is 292 g/mol. The second-order valence-electron chi connectivity index (χ2n) is 5.33. The zero-order chi connectivity index (χ0) is 15.1. The van der Waals surface area contributed by atoms with E-state index in [1.54, 1.807) is 7.11 Å². The van der Waals surface area contributed by atoms with Crippen LogP contribution in [-0.2, 0) is 9.47 Å². The zero-order valence-corrected chi connectivity index (χ0v) is 12.7. The third-order valence-electron chi connectivity index (χ3n) is 3.79. The number of hydrogen-bond acceptors (Lipinski definition) is 3. The van der Waals surface area contributed by atoms with Crippen LogP contribution in [0.3, 0.4) is 0 Å². The molecule has 116 valence electrons. The summed E-state index contributed by atoms with van der Waals surface area (Å²) < 4.78 is 11.0. The fourth-order valence-electron chi connectivity index (χ4n) is 2.54. The van der Waals surface area contributed by atoms with Crippen LogP contribution in [0, 0.1) is 0 Å². The van der Waals surface area contributed by atoms with E-state index in [1.807, 2.05) is 37.3 Å². The third kappa shape index (κ3) is 4.72. The second-order valence-corrected chi connectivity index (χ2v) is 5.33. The van der Waals surface area contributed by atoms with Crippen LogP contribution in [0.1, 0.15) is 31.4 Å². The van der Waals surface area contributed by atoms with Gasteiger partial charge in [0.2, 0.25) is 0 Å². The summed E-state index contributed by atoms with van der Waals surface area (Å²) in [5.74, 6) is 0. The molecule has 1 aromatic rings. The van der Waals surface area contributed by atoms with Crippen LogP contribution >= 0.6 is 0 Å². The molecule has 2 N–H and O–H groups in total. The Labute approximate surface area is 126 Å². The number of hydrogen-bond donors (Lipinski definition) is 2. The number of carbonyl (C=O) groups excluding carboxylic acids is 1. The summed E-state index contributed by atoms with van der Waals surface area (Å²) in [5.41, 5.74) is 1.05. The lowest BCUT2D eigenvalue weighted by atomic mass is 10.1. The van der Waals surface area contributed by atoms with Gasteiger partial charge in [-0.15, -0.1) is 0 Å². The van der Waals surface area contributed by atoms with Crippen LogP contribution in [0.4, 0.5) is 4.79 Å². The molecule has 21 heavy (non-hydrogen) atoms. The highest BCUT2D eigenvalue weighted by Gasteiger charge is 2.23. The fourth-order valence-corrected chi connectivity index (χ4v) is 2.54. The first-order valence-electron chi connectivity index (χ1n) is 7.44. The highest BCUT2D eigenvalue weighted by Crippen LogP contribution is 2.16. The largest absolute Gasteiger partial charge is 0.376 e. The lowest BCUT2D eigenvalue weighted by Crippen LogP contribution is -2.46. The van der Waals surface area contributed by atoms with Gasteiger partial charge in [-0.05, 0) is 25.3 Å². The molecule has 0 aromatic heterocycles. The zero-order valence-electron chi connectivity index (χ0n) is 12.7. The van der Waals surface area contributed by atoms with E-state index in [0.717, 1.165) is 25.0 Å². The van der Waals surface area contributed by atoms with Gasteiger partial charge in [-0.25, -0.2) is 4.79 Å². The number of nitrogens with one attached hydrogen (secondary N) is 2. The first-order chi connectivity index (χ1) is 10.2. The van der Waals surface area contributed by atoms with Crippen LogP contribution in [0.5, 0.6) is 0 Å². The predicted octanol–water partition coefficient (Wildman–Crippen LogP) is 2.24. The SMILES string of the molecule is COC(CNC(=O)NC(C)C1CCCO1)c1ccccc1. The quantitative estimate of drug-likeness (QED) is 0.845. The number of urea groups is 1. The standard InChI is InChI=1S/C16H24N2O3/c1-12(14-9-6-10-21-14)18-16(19)17-11-15(20-2)13-7-4-3-5-8-13/h3-5,7-8,12,14-15H,6,9-11H2,1-2H3,(H2,17,18,19). The molecule has 0 aliphatic carbocycles. The smallest absolute Gasteiger partial charge is 0.315 e. The molecule has 3 atom stereocenters. The molecule has 0 spiro atoms. The fraction of sp³-hybridized carbons (Fsp3) is 0.562. The van der Waals surface area contributed by atoms with Gasteiger partial charge in [0.05, 0.1) is 18.2 Å². The normalized spacial score (nSPS) is 20.8. The lowest BCUT2D eigenvalue weighted by molar-refractivity contribution is 0.0843. The molecule has 1 fully saturated rings. The second kappa shape index (κ2) is 8.00. The number of benzene rings is 1. The molecule has 1 aromatic carbocycles. The van der Waals surface area contributed by atoms with Gasteiger partial charge in [-0.3, -0.25) is 0 Å². The Bertz CT molecular complexity index is 432. The maximum absolute atomic E-state index is 11.9. The van der Waals surface area contributed by atoms with Crippen molar-refractivity contribution in [3.05, 3.63) is 35.9 Å². The van der Waals surface area contributed by atoms with Crippen molar-refractivity contribution < 1.29 is 14.3 Å². The Morgan fingerprint density at radius 1 is 1.43 bits per heavy atom. The van der Waals surface area contributed by atoms with Crippen LogP contribution in [0.25, 0.3) is 0 Å². The van der Waals surface area contributed by atoms with Gasteiger partial charge in [0, 0.05) is 20.3 Å². The van der Waals surface area contributed by atoms with Gasteiger partial charge in [-0.1, -0.05) is 30.3 Å². The predicted molar refractivity (Wildman–Crippen MR) is 81.2 cm³/mol. The van der Waals surface area contributed by atoms with E-state index in [9.17, 15) is 4.79 Å². The van der Waals surface area contributed by atoms with E-state index >= 15 is 0 Å². The molecule has 0 bridgehead atoms. The van der Waals surface area contributed by atoms with Gasteiger partial charge in [0.1, 0.15) is 0 Å². The van der Waals surface area contributed by atoms with Crippen molar-refractivity contribution in [3.8, 4) is 0 Å². The highest BCUT2D eigenvalue weighted by molar-refractivity contribution is 5.74. The topological polar surface area (TPSA) is 59.6 Å². The summed E-state index contributed by atoms with van der Waals surface area (Å²) in [6.07, 6.45) is 2.06. The molecular weight excluding hydrogens is 268 g/mol. The summed E-state index contributed by atoms with van der Waals surface area (Å²) >= 11 is 0. The Morgan fingerprint density at radius 2 is 2.19 bits per heavy atom. The maximum Gasteiger partial charge on any atom is 0.315 e. The number of rotatable bonds is 6. The van der Waals surface area contributed by atoms with Gasteiger partial charge in [0.25, 0.3) is 0 Å². The molecule has 0 saturated carbocycles. The first-order valence-corrected chi connectivity index (χ1v) is 7.44. The average Bonchev–Trinajstić information content (AvgIpc) is 3.03. The first kappa shape index (κ1) is 15.8. The molecule has 5 nitrogen and oxygen atoms in total. The number of amides is 2. The molecule has 2 amide bonds. The van der Waals surface area contributed by atoms with E-state index in [1.165, 1.54) is 0 Å². The third-order valence-corrected chi connectivity index (χ3v) is 3.79. The minimum Gasteiger partial charge on any atom is -0.376 e. The van der Waals surface area contributed by atoms with Crippen molar-refractivity contribution in [2.75, 3.05) is 20.3 Å². The van der Waals surface area contributed by atoms with Crippen LogP contribution < -0.4 is 10.6 Å². The van der Waals surface area contributed by atoms with Crippen LogP contribution in [-0.4, -0.2) is 38.4 Å². The molecule has 1 aliphatic heterocycles. The van der Waals surface area contributed by atoms with Crippen molar-refractivity contribution >= 4 is 6.03 Å². The Balaban J connectivity index is 1.77. The summed E-state index contributed by atoms with van der Waals surface area (Å²) in [5, 5.41) is 5.78. The van der Waals surface area contributed by atoms with Crippen molar-refractivity contribution in [1.82, 2.24) is 10.6 Å². The molecule has 0 radical (unpaired) electrons. The van der Waals surface area contributed by atoms with Crippen molar-refractivity contribution in [3.63, 3.8) is 0 Å². The number of ether oxygens (including phenoxy) is 2. The van der Waals surface area contributed by atoms with Crippen molar-refractivity contribution in [2.45, 2.75) is 38.0 Å². The van der Waals surface area contributed by atoms with Gasteiger partial charge < -0.3 is 20.1 Å². The highest BCUT2D eigenvalue weighted by atomic mass is 16.5. The van der Waals surface area contributed by atoms with Crippen molar-refractivity contribution in [1.29, 1.82) is 0 Å². The minimum atomic E-state index is -0.184. The number of carbonyl (C=O) groups is 1. The summed E-state index contributed by atoms with van der Waals surface area (Å²) in [7, 11) is 1.65. The Hall–Kier alpha value is -1.59.